The van der Waals surface area contributed by atoms with Crippen molar-refractivity contribution in [2.24, 2.45) is 10.9 Å². The van der Waals surface area contributed by atoms with Crippen LogP contribution in [0.25, 0.3) is 0 Å². The molecule has 0 aliphatic carbocycles. The lowest BCUT2D eigenvalue weighted by atomic mass is 9.83. The number of Topliss-reactive ketones (excluding diaryl/α,β-unsaturated/α-hetero) is 1. The summed E-state index contributed by atoms with van der Waals surface area (Å²) in [7, 11) is 3.15. The molecule has 0 aromatic heterocycles. The summed E-state index contributed by atoms with van der Waals surface area (Å²) in [5.41, 5.74) is 0.0488. The molecule has 1 saturated heterocycles. The quantitative estimate of drug-likeness (QED) is 0.724. The van der Waals surface area contributed by atoms with E-state index in [1.54, 1.807) is 14.2 Å². The van der Waals surface area contributed by atoms with Crippen LogP contribution < -0.4 is 0 Å². The zero-order valence-electron chi connectivity index (χ0n) is 10.9. The van der Waals surface area contributed by atoms with Gasteiger partial charge in [0, 0.05) is 5.92 Å². The van der Waals surface area contributed by atoms with Crippen LogP contribution in [0.2, 0.25) is 0 Å². The van der Waals surface area contributed by atoms with Crippen LogP contribution in [0.4, 0.5) is 0 Å². The van der Waals surface area contributed by atoms with E-state index in [2.05, 4.69) is 4.99 Å². The van der Waals surface area contributed by atoms with Crippen molar-refractivity contribution in [1.29, 1.82) is 0 Å². The highest BCUT2D eigenvalue weighted by atomic mass is 16.5. The monoisotopic (exact) mass is 238 g/mol. The molecule has 2 aliphatic rings. The van der Waals surface area contributed by atoms with Gasteiger partial charge in [-0.25, -0.2) is 4.99 Å². The number of fused-ring (bicyclic) bond motifs is 1. The lowest BCUT2D eigenvalue weighted by molar-refractivity contribution is -0.142. The summed E-state index contributed by atoms with van der Waals surface area (Å²) in [6, 6.07) is 0. The number of aliphatic imine (C=N–C) groups is 1. The van der Waals surface area contributed by atoms with E-state index >= 15 is 0 Å². The number of methoxy groups -OCH3 is 2. The van der Waals surface area contributed by atoms with Crippen molar-refractivity contribution in [3.05, 3.63) is 11.6 Å². The molecule has 0 bridgehead atoms. The summed E-state index contributed by atoms with van der Waals surface area (Å²) in [6.45, 7) is 6.25. The van der Waals surface area contributed by atoms with Gasteiger partial charge in [-0.2, -0.15) is 0 Å². The molecule has 94 valence electrons. The molecular formula is C12H18N2O3. The molecule has 0 aromatic rings. The highest BCUT2D eigenvalue weighted by Gasteiger charge is 2.58. The molecule has 5 nitrogen and oxygen atoms in total. The normalized spacial score (nSPS) is 27.8. The van der Waals surface area contributed by atoms with Crippen molar-refractivity contribution in [3.8, 4) is 0 Å². The van der Waals surface area contributed by atoms with Gasteiger partial charge in [-0.15, -0.1) is 0 Å². The molecule has 2 rings (SSSR count). The average Bonchev–Trinajstić information content (AvgIpc) is 2.30. The third-order valence-electron chi connectivity index (χ3n) is 3.42. The number of hydrogen-bond acceptors (Lipinski definition) is 5. The van der Waals surface area contributed by atoms with Gasteiger partial charge in [0.25, 0.3) is 0 Å². The molecule has 2 heterocycles. The maximum atomic E-state index is 11.8. The number of carbonyl (C=O) groups excluding carboxylic acids is 1. The average molecular weight is 238 g/mol. The molecule has 1 atom stereocenters. The fourth-order valence-corrected chi connectivity index (χ4v) is 2.26. The fourth-order valence-electron chi connectivity index (χ4n) is 2.26. The van der Waals surface area contributed by atoms with E-state index in [0.717, 1.165) is 5.70 Å². The van der Waals surface area contributed by atoms with E-state index in [0.29, 0.717) is 18.3 Å². The second-order valence-corrected chi connectivity index (χ2v) is 4.75. The molecule has 0 saturated carbocycles. The summed E-state index contributed by atoms with van der Waals surface area (Å²) in [4.78, 5) is 18.2. The van der Waals surface area contributed by atoms with Gasteiger partial charge >= 0.3 is 0 Å². The van der Waals surface area contributed by atoms with Gasteiger partial charge in [0.1, 0.15) is 5.70 Å². The Balaban J connectivity index is 2.52. The van der Waals surface area contributed by atoms with Crippen LogP contribution in [0.1, 0.15) is 20.8 Å². The van der Waals surface area contributed by atoms with Crippen molar-refractivity contribution < 1.29 is 14.3 Å². The standard InChI is InChI=1S/C12H18N2O3/c1-7(2)9-10(16-4)14-6-8(15)12(14,3)11(13-9)17-5/h7H,6H2,1-5H3. The molecule has 0 spiro atoms. The summed E-state index contributed by atoms with van der Waals surface area (Å²) < 4.78 is 10.7. The summed E-state index contributed by atoms with van der Waals surface area (Å²) in [5.74, 6) is 1.46. The molecule has 0 amide bonds. The molecular weight excluding hydrogens is 220 g/mol. The molecule has 0 aromatic carbocycles. The van der Waals surface area contributed by atoms with E-state index in [1.165, 1.54) is 0 Å². The van der Waals surface area contributed by atoms with Gasteiger partial charge in [-0.3, -0.25) is 4.79 Å². The molecule has 0 N–H and O–H groups in total. The Kier molecular flexibility index (Phi) is 2.64. The van der Waals surface area contributed by atoms with Gasteiger partial charge in [0.2, 0.25) is 11.8 Å². The topological polar surface area (TPSA) is 51.1 Å². The summed E-state index contributed by atoms with van der Waals surface area (Å²) >= 11 is 0. The first-order chi connectivity index (χ1) is 7.96. The number of allylic oxidation sites excluding steroid dienone is 1. The van der Waals surface area contributed by atoms with Gasteiger partial charge in [-0.1, -0.05) is 13.8 Å². The smallest absolute Gasteiger partial charge is 0.222 e. The van der Waals surface area contributed by atoms with Crippen LogP contribution in [-0.4, -0.2) is 42.9 Å². The number of ether oxygens (including phenoxy) is 2. The Morgan fingerprint density at radius 3 is 2.41 bits per heavy atom. The summed E-state index contributed by atoms with van der Waals surface area (Å²) in [5, 5.41) is 0. The first-order valence-corrected chi connectivity index (χ1v) is 5.69. The zero-order chi connectivity index (χ0) is 12.8. The molecule has 5 heteroatoms. The Labute approximate surface area is 101 Å². The molecule has 0 radical (unpaired) electrons. The van der Waals surface area contributed by atoms with E-state index in [9.17, 15) is 4.79 Å². The maximum absolute atomic E-state index is 11.8. The highest BCUT2D eigenvalue weighted by molar-refractivity contribution is 6.16. The second kappa shape index (κ2) is 3.75. The highest BCUT2D eigenvalue weighted by Crippen LogP contribution is 2.39. The number of nitrogens with zero attached hydrogens (tertiary/aromatic N) is 2. The van der Waals surface area contributed by atoms with E-state index in [4.69, 9.17) is 9.47 Å². The second-order valence-electron chi connectivity index (χ2n) is 4.75. The lowest BCUT2D eigenvalue weighted by Crippen LogP contribution is -2.71. The minimum Gasteiger partial charge on any atom is -0.482 e. The van der Waals surface area contributed by atoms with Crippen molar-refractivity contribution in [2.45, 2.75) is 26.3 Å². The van der Waals surface area contributed by atoms with Gasteiger partial charge in [0.15, 0.2) is 11.3 Å². The number of carbonyl (C=O) groups is 1. The largest absolute Gasteiger partial charge is 0.482 e. The SMILES string of the molecule is COC1=NC(C(C)C)=C(OC)N2CC(=O)C12C. The zero-order valence-corrected chi connectivity index (χ0v) is 10.9. The van der Waals surface area contributed by atoms with E-state index < -0.39 is 5.54 Å². The maximum Gasteiger partial charge on any atom is 0.222 e. The Morgan fingerprint density at radius 2 is 2.00 bits per heavy atom. The molecule has 1 fully saturated rings. The Hall–Kier alpha value is -1.52. The number of rotatable bonds is 2. The van der Waals surface area contributed by atoms with Crippen LogP contribution in [0, 0.1) is 5.92 Å². The first kappa shape index (κ1) is 12.0. The minimum absolute atomic E-state index is 0.107. The van der Waals surface area contributed by atoms with Gasteiger partial charge < -0.3 is 14.4 Å². The van der Waals surface area contributed by atoms with Crippen LogP contribution >= 0.6 is 0 Å². The van der Waals surface area contributed by atoms with E-state index in [1.807, 2.05) is 25.7 Å². The van der Waals surface area contributed by atoms with Crippen molar-refractivity contribution in [2.75, 3.05) is 20.8 Å². The molecule has 1 unspecified atom stereocenters. The third-order valence-corrected chi connectivity index (χ3v) is 3.42. The number of hydrogen-bond donors (Lipinski definition) is 0. The van der Waals surface area contributed by atoms with Gasteiger partial charge in [0.05, 0.1) is 20.8 Å². The van der Waals surface area contributed by atoms with Crippen LogP contribution in [-0.2, 0) is 14.3 Å². The fraction of sp³-hybridized carbons (Fsp3) is 0.667. The lowest BCUT2D eigenvalue weighted by Gasteiger charge is -2.51. The summed E-state index contributed by atoms with van der Waals surface area (Å²) in [6.07, 6.45) is 0. The van der Waals surface area contributed by atoms with E-state index in [-0.39, 0.29) is 11.7 Å². The predicted octanol–water partition coefficient (Wildman–Crippen LogP) is 1.16. The minimum atomic E-state index is -0.779. The predicted molar refractivity (Wildman–Crippen MR) is 63.4 cm³/mol. The van der Waals surface area contributed by atoms with Crippen LogP contribution in [0.15, 0.2) is 16.6 Å². The number of ketones is 1. The Bertz CT molecular complexity index is 425. The van der Waals surface area contributed by atoms with Crippen LogP contribution in [0.3, 0.4) is 0 Å². The molecule has 17 heavy (non-hydrogen) atoms. The van der Waals surface area contributed by atoms with Crippen molar-refractivity contribution in [3.63, 3.8) is 0 Å². The third kappa shape index (κ3) is 1.38. The molecule has 2 aliphatic heterocycles. The van der Waals surface area contributed by atoms with Crippen molar-refractivity contribution >= 4 is 11.7 Å². The van der Waals surface area contributed by atoms with Gasteiger partial charge in [-0.05, 0) is 6.92 Å². The first-order valence-electron chi connectivity index (χ1n) is 5.69. The van der Waals surface area contributed by atoms with Crippen LogP contribution in [0.5, 0.6) is 0 Å². The van der Waals surface area contributed by atoms with Crippen molar-refractivity contribution in [1.82, 2.24) is 4.90 Å². The Morgan fingerprint density at radius 1 is 1.35 bits per heavy atom.